The third kappa shape index (κ3) is 4.44. The van der Waals surface area contributed by atoms with Crippen LogP contribution in [0.5, 0.6) is 0 Å². The maximum Gasteiger partial charge on any atom is 0.303 e. The smallest absolute Gasteiger partial charge is 0.303 e. The Bertz CT molecular complexity index is 828. The van der Waals surface area contributed by atoms with E-state index in [1.54, 1.807) is 12.1 Å². The number of aryl methyl sites for hydroxylation is 1. The van der Waals surface area contributed by atoms with Crippen LogP contribution in [0.25, 0.3) is 0 Å². The summed E-state index contributed by atoms with van der Waals surface area (Å²) >= 11 is 0. The van der Waals surface area contributed by atoms with Crippen LogP contribution in [0, 0.1) is 0 Å². The fourth-order valence-corrected chi connectivity index (χ4v) is 2.77. The van der Waals surface area contributed by atoms with Gasteiger partial charge in [0.15, 0.2) is 0 Å². The first-order valence-corrected chi connectivity index (χ1v) is 8.02. The number of carboxylic acid groups (broad SMARTS) is 1. The van der Waals surface area contributed by atoms with Crippen LogP contribution < -0.4 is 10.6 Å². The summed E-state index contributed by atoms with van der Waals surface area (Å²) < 4.78 is 0. The second kappa shape index (κ2) is 7.17. The second-order valence-corrected chi connectivity index (χ2v) is 6.03. The Morgan fingerprint density at radius 2 is 1.80 bits per heavy atom. The van der Waals surface area contributed by atoms with Crippen LogP contribution in [0.15, 0.2) is 42.5 Å². The minimum absolute atomic E-state index is 0.0282. The van der Waals surface area contributed by atoms with Gasteiger partial charge in [0.05, 0.1) is 12.8 Å². The van der Waals surface area contributed by atoms with Gasteiger partial charge in [-0.25, -0.2) is 0 Å². The van der Waals surface area contributed by atoms with Crippen LogP contribution >= 0.6 is 0 Å². The van der Waals surface area contributed by atoms with Crippen molar-refractivity contribution in [3.05, 3.63) is 59.2 Å². The third-order valence-electron chi connectivity index (χ3n) is 4.03. The van der Waals surface area contributed by atoms with Crippen molar-refractivity contribution in [1.82, 2.24) is 0 Å². The third-order valence-corrected chi connectivity index (χ3v) is 4.03. The van der Waals surface area contributed by atoms with Gasteiger partial charge in [0, 0.05) is 17.8 Å². The molecule has 0 saturated heterocycles. The maximum atomic E-state index is 12.2. The molecule has 0 unspecified atom stereocenters. The number of aliphatic carboxylic acids is 1. The Morgan fingerprint density at radius 3 is 2.52 bits per heavy atom. The first-order valence-electron chi connectivity index (χ1n) is 8.02. The summed E-state index contributed by atoms with van der Waals surface area (Å²) in [7, 11) is 0. The van der Waals surface area contributed by atoms with Gasteiger partial charge in [-0.05, 0) is 41.3 Å². The number of anilines is 2. The van der Waals surface area contributed by atoms with Crippen LogP contribution in [-0.4, -0.2) is 22.9 Å². The first-order chi connectivity index (χ1) is 12.0. The van der Waals surface area contributed by atoms with E-state index in [1.165, 1.54) is 0 Å². The van der Waals surface area contributed by atoms with Gasteiger partial charge in [-0.2, -0.15) is 0 Å². The van der Waals surface area contributed by atoms with E-state index in [2.05, 4.69) is 10.6 Å². The van der Waals surface area contributed by atoms with Crippen LogP contribution in [0.2, 0.25) is 0 Å². The average Bonchev–Trinajstić information content (AvgIpc) is 2.93. The SMILES string of the molecule is O=C(O)CCc1ccc(NC(=O)Cc2ccc3c(c2)NC(=O)C3)cc1. The van der Waals surface area contributed by atoms with E-state index >= 15 is 0 Å². The van der Waals surface area contributed by atoms with Gasteiger partial charge in [-0.1, -0.05) is 24.3 Å². The zero-order chi connectivity index (χ0) is 17.8. The van der Waals surface area contributed by atoms with E-state index in [0.29, 0.717) is 18.5 Å². The Balaban J connectivity index is 1.57. The Kier molecular flexibility index (Phi) is 4.79. The summed E-state index contributed by atoms with van der Waals surface area (Å²) in [5.41, 5.74) is 4.13. The molecule has 0 aliphatic carbocycles. The molecule has 2 aromatic rings. The molecule has 0 fully saturated rings. The fourth-order valence-electron chi connectivity index (χ4n) is 2.77. The van der Waals surface area contributed by atoms with Crippen LogP contribution in [0.1, 0.15) is 23.1 Å². The molecule has 1 aliphatic heterocycles. The Labute approximate surface area is 144 Å². The first kappa shape index (κ1) is 16.7. The molecule has 0 radical (unpaired) electrons. The largest absolute Gasteiger partial charge is 0.481 e. The number of amides is 2. The number of hydrogen-bond donors (Lipinski definition) is 3. The van der Waals surface area contributed by atoms with E-state index in [4.69, 9.17) is 5.11 Å². The molecule has 0 atom stereocenters. The number of rotatable bonds is 6. The molecule has 0 saturated carbocycles. The van der Waals surface area contributed by atoms with Crippen molar-refractivity contribution in [3.8, 4) is 0 Å². The number of benzene rings is 2. The predicted molar refractivity (Wildman–Crippen MR) is 93.5 cm³/mol. The van der Waals surface area contributed by atoms with Crippen molar-refractivity contribution in [1.29, 1.82) is 0 Å². The van der Waals surface area contributed by atoms with E-state index < -0.39 is 5.97 Å². The van der Waals surface area contributed by atoms with Crippen molar-refractivity contribution < 1.29 is 19.5 Å². The summed E-state index contributed by atoms with van der Waals surface area (Å²) in [5.74, 6) is -1.01. The van der Waals surface area contributed by atoms with Gasteiger partial charge >= 0.3 is 5.97 Å². The molecule has 2 amide bonds. The molecule has 1 heterocycles. The lowest BCUT2D eigenvalue weighted by Crippen LogP contribution is -2.14. The zero-order valence-electron chi connectivity index (χ0n) is 13.5. The summed E-state index contributed by atoms with van der Waals surface area (Å²) in [6.07, 6.45) is 1.14. The van der Waals surface area contributed by atoms with Crippen molar-refractivity contribution in [2.24, 2.45) is 0 Å². The maximum absolute atomic E-state index is 12.2. The minimum Gasteiger partial charge on any atom is -0.481 e. The number of fused-ring (bicyclic) bond motifs is 1. The lowest BCUT2D eigenvalue weighted by Gasteiger charge is -2.08. The standard InChI is InChI=1S/C19H18N2O4/c22-17(10-13-1-5-14-11-18(23)21-16(14)9-13)20-15-6-2-12(3-7-15)4-8-19(24)25/h1-3,5-7,9H,4,8,10-11H2,(H,20,22)(H,21,23)(H,24,25). The normalized spacial score (nSPS) is 12.4. The summed E-state index contributed by atoms with van der Waals surface area (Å²) in [4.78, 5) is 34.1. The number of carbonyl (C=O) groups excluding carboxylic acids is 2. The van der Waals surface area contributed by atoms with E-state index in [9.17, 15) is 14.4 Å². The molecule has 3 N–H and O–H groups in total. The average molecular weight is 338 g/mol. The van der Waals surface area contributed by atoms with Gasteiger partial charge < -0.3 is 15.7 Å². The highest BCUT2D eigenvalue weighted by atomic mass is 16.4. The van der Waals surface area contributed by atoms with Crippen molar-refractivity contribution in [3.63, 3.8) is 0 Å². The molecule has 0 aromatic heterocycles. The highest BCUT2D eigenvalue weighted by Gasteiger charge is 2.17. The Hall–Kier alpha value is -3.15. The summed E-state index contributed by atoms with van der Waals surface area (Å²) in [6, 6.07) is 12.7. The molecule has 0 bridgehead atoms. The Morgan fingerprint density at radius 1 is 1.08 bits per heavy atom. The number of hydrogen-bond acceptors (Lipinski definition) is 3. The van der Waals surface area contributed by atoms with Crippen molar-refractivity contribution in [2.45, 2.75) is 25.7 Å². The molecular weight excluding hydrogens is 320 g/mol. The molecule has 6 heteroatoms. The molecule has 25 heavy (non-hydrogen) atoms. The molecular formula is C19H18N2O4. The summed E-state index contributed by atoms with van der Waals surface area (Å²) in [5, 5.41) is 14.3. The number of carbonyl (C=O) groups is 3. The molecule has 6 nitrogen and oxygen atoms in total. The van der Waals surface area contributed by atoms with Gasteiger partial charge in [0.1, 0.15) is 0 Å². The van der Waals surface area contributed by atoms with Gasteiger partial charge in [0.2, 0.25) is 11.8 Å². The predicted octanol–water partition coefficient (Wildman–Crippen LogP) is 2.38. The molecule has 1 aliphatic rings. The lowest BCUT2D eigenvalue weighted by molar-refractivity contribution is -0.137. The quantitative estimate of drug-likeness (QED) is 0.753. The number of nitrogens with one attached hydrogen (secondary N) is 2. The second-order valence-electron chi connectivity index (χ2n) is 6.03. The highest BCUT2D eigenvalue weighted by Crippen LogP contribution is 2.24. The molecule has 2 aromatic carbocycles. The van der Waals surface area contributed by atoms with Crippen molar-refractivity contribution in [2.75, 3.05) is 10.6 Å². The van der Waals surface area contributed by atoms with E-state index in [1.807, 2.05) is 30.3 Å². The highest BCUT2D eigenvalue weighted by molar-refractivity contribution is 5.99. The van der Waals surface area contributed by atoms with Gasteiger partial charge in [0.25, 0.3) is 0 Å². The lowest BCUT2D eigenvalue weighted by atomic mass is 10.1. The van der Waals surface area contributed by atoms with Gasteiger partial charge in [-0.15, -0.1) is 0 Å². The van der Waals surface area contributed by atoms with Gasteiger partial charge in [-0.3, -0.25) is 14.4 Å². The van der Waals surface area contributed by atoms with Crippen LogP contribution in [-0.2, 0) is 33.6 Å². The van der Waals surface area contributed by atoms with Crippen LogP contribution in [0.4, 0.5) is 11.4 Å². The van der Waals surface area contributed by atoms with E-state index in [-0.39, 0.29) is 24.7 Å². The van der Waals surface area contributed by atoms with Crippen molar-refractivity contribution >= 4 is 29.2 Å². The topological polar surface area (TPSA) is 95.5 Å². The molecule has 128 valence electrons. The summed E-state index contributed by atoms with van der Waals surface area (Å²) in [6.45, 7) is 0. The molecule has 0 spiro atoms. The monoisotopic (exact) mass is 338 g/mol. The van der Waals surface area contributed by atoms with Crippen LogP contribution in [0.3, 0.4) is 0 Å². The molecule has 3 rings (SSSR count). The zero-order valence-corrected chi connectivity index (χ0v) is 13.5. The minimum atomic E-state index is -0.831. The number of carboxylic acids is 1. The van der Waals surface area contributed by atoms with E-state index in [0.717, 1.165) is 22.4 Å². The fraction of sp³-hybridized carbons (Fsp3) is 0.211.